The van der Waals surface area contributed by atoms with Crippen LogP contribution in [0.5, 0.6) is 0 Å². The highest BCUT2D eigenvalue weighted by molar-refractivity contribution is 6.42. The van der Waals surface area contributed by atoms with Crippen LogP contribution in [0.4, 0.5) is 0 Å². The predicted octanol–water partition coefficient (Wildman–Crippen LogP) is 3.40. The van der Waals surface area contributed by atoms with Crippen molar-refractivity contribution in [2.75, 3.05) is 7.05 Å². The molecule has 4 nitrogen and oxygen atoms in total. The van der Waals surface area contributed by atoms with E-state index in [0.29, 0.717) is 16.6 Å². The van der Waals surface area contributed by atoms with Crippen molar-refractivity contribution in [3.8, 4) is 0 Å². The predicted molar refractivity (Wildman–Crippen MR) is 85.2 cm³/mol. The van der Waals surface area contributed by atoms with Crippen LogP contribution in [0.2, 0.25) is 10.0 Å². The molecule has 0 aliphatic rings. The van der Waals surface area contributed by atoms with Crippen molar-refractivity contribution in [2.24, 2.45) is 7.05 Å². The number of nitrogens with zero attached hydrogens (tertiary/aromatic N) is 3. The van der Waals surface area contributed by atoms with Gasteiger partial charge in [-0.3, -0.25) is 9.48 Å². The largest absolute Gasteiger partial charge is 0.338 e. The van der Waals surface area contributed by atoms with Gasteiger partial charge in [0, 0.05) is 38.5 Å². The molecule has 1 aromatic heterocycles. The fourth-order valence-electron chi connectivity index (χ4n) is 1.82. The average molecular weight is 324 g/mol. The average Bonchev–Trinajstić information content (AvgIpc) is 2.85. The molecule has 0 saturated heterocycles. The highest BCUT2D eigenvalue weighted by Gasteiger charge is 2.07. The number of rotatable bonds is 4. The van der Waals surface area contributed by atoms with Crippen molar-refractivity contribution in [3.63, 3.8) is 0 Å². The Morgan fingerprint density at radius 2 is 2.14 bits per heavy atom. The zero-order valence-corrected chi connectivity index (χ0v) is 13.3. The highest BCUT2D eigenvalue weighted by Crippen LogP contribution is 2.23. The smallest absolute Gasteiger partial charge is 0.246 e. The van der Waals surface area contributed by atoms with Gasteiger partial charge in [0.2, 0.25) is 5.91 Å². The second-order valence-electron chi connectivity index (χ2n) is 4.72. The molecule has 1 aromatic carbocycles. The van der Waals surface area contributed by atoms with Crippen LogP contribution in [-0.4, -0.2) is 27.6 Å². The van der Waals surface area contributed by atoms with Gasteiger partial charge < -0.3 is 4.90 Å². The summed E-state index contributed by atoms with van der Waals surface area (Å²) in [5.74, 6) is -0.0927. The molecule has 2 aromatic rings. The van der Waals surface area contributed by atoms with Crippen LogP contribution in [0.25, 0.3) is 6.08 Å². The Hall–Kier alpha value is -1.78. The number of aryl methyl sites for hydroxylation is 1. The molecule has 0 atom stereocenters. The Kier molecular flexibility index (Phi) is 5.04. The van der Waals surface area contributed by atoms with E-state index in [4.69, 9.17) is 23.2 Å². The zero-order chi connectivity index (χ0) is 15.4. The lowest BCUT2D eigenvalue weighted by molar-refractivity contribution is -0.125. The topological polar surface area (TPSA) is 38.1 Å². The molecule has 0 aliphatic carbocycles. The van der Waals surface area contributed by atoms with E-state index >= 15 is 0 Å². The molecule has 2 rings (SSSR count). The maximum atomic E-state index is 12.0. The molecule has 0 bridgehead atoms. The lowest BCUT2D eigenvalue weighted by Gasteiger charge is -2.13. The van der Waals surface area contributed by atoms with E-state index in [1.165, 1.54) is 6.08 Å². The molecular weight excluding hydrogens is 309 g/mol. The summed E-state index contributed by atoms with van der Waals surface area (Å²) in [7, 11) is 3.59. The van der Waals surface area contributed by atoms with Gasteiger partial charge in [-0.1, -0.05) is 29.3 Å². The van der Waals surface area contributed by atoms with Crippen molar-refractivity contribution < 1.29 is 4.79 Å². The van der Waals surface area contributed by atoms with Gasteiger partial charge in [-0.15, -0.1) is 0 Å². The Balaban J connectivity index is 1.99. The van der Waals surface area contributed by atoms with E-state index in [-0.39, 0.29) is 5.91 Å². The number of halogens is 2. The van der Waals surface area contributed by atoms with Gasteiger partial charge in [0.1, 0.15) is 0 Å². The van der Waals surface area contributed by atoms with Gasteiger partial charge in [0.15, 0.2) is 0 Å². The zero-order valence-electron chi connectivity index (χ0n) is 11.8. The minimum Gasteiger partial charge on any atom is -0.338 e. The number of benzene rings is 1. The van der Waals surface area contributed by atoms with Crippen molar-refractivity contribution in [3.05, 3.63) is 57.8 Å². The van der Waals surface area contributed by atoms with E-state index in [1.807, 2.05) is 13.2 Å². The molecule has 21 heavy (non-hydrogen) atoms. The number of aromatic nitrogens is 2. The van der Waals surface area contributed by atoms with E-state index < -0.39 is 0 Å². The van der Waals surface area contributed by atoms with Crippen LogP contribution >= 0.6 is 23.2 Å². The third-order valence-electron chi connectivity index (χ3n) is 2.92. The van der Waals surface area contributed by atoms with E-state index in [2.05, 4.69) is 5.10 Å². The number of hydrogen-bond donors (Lipinski definition) is 0. The van der Waals surface area contributed by atoms with E-state index in [9.17, 15) is 4.79 Å². The van der Waals surface area contributed by atoms with Gasteiger partial charge in [0.05, 0.1) is 16.2 Å². The first-order valence-electron chi connectivity index (χ1n) is 6.31. The van der Waals surface area contributed by atoms with E-state index in [1.54, 1.807) is 47.1 Å². The first-order chi connectivity index (χ1) is 9.95. The summed E-state index contributed by atoms with van der Waals surface area (Å²) in [5.41, 5.74) is 1.81. The summed E-state index contributed by atoms with van der Waals surface area (Å²) >= 11 is 11.8. The van der Waals surface area contributed by atoms with Gasteiger partial charge in [-0.25, -0.2) is 0 Å². The second-order valence-corrected chi connectivity index (χ2v) is 5.54. The van der Waals surface area contributed by atoms with Crippen molar-refractivity contribution in [1.29, 1.82) is 0 Å². The first-order valence-corrected chi connectivity index (χ1v) is 7.07. The molecule has 0 radical (unpaired) electrons. The Morgan fingerprint density at radius 1 is 1.38 bits per heavy atom. The van der Waals surface area contributed by atoms with Crippen LogP contribution in [-0.2, 0) is 18.4 Å². The van der Waals surface area contributed by atoms with Gasteiger partial charge in [0.25, 0.3) is 0 Å². The van der Waals surface area contributed by atoms with Crippen LogP contribution in [0.3, 0.4) is 0 Å². The molecule has 6 heteroatoms. The molecule has 0 unspecified atom stereocenters. The van der Waals surface area contributed by atoms with E-state index in [0.717, 1.165) is 11.1 Å². The highest BCUT2D eigenvalue weighted by atomic mass is 35.5. The first kappa shape index (κ1) is 15.6. The summed E-state index contributed by atoms with van der Waals surface area (Å²) in [6, 6.07) is 5.22. The summed E-state index contributed by atoms with van der Waals surface area (Å²) in [5, 5.41) is 5.04. The number of carbonyl (C=O) groups is 1. The molecule has 0 N–H and O–H groups in total. The van der Waals surface area contributed by atoms with Gasteiger partial charge in [-0.05, 0) is 23.8 Å². The van der Waals surface area contributed by atoms with Gasteiger partial charge in [-0.2, -0.15) is 5.10 Å². The fraction of sp³-hybridized carbons (Fsp3) is 0.200. The van der Waals surface area contributed by atoms with Gasteiger partial charge >= 0.3 is 0 Å². The lowest BCUT2D eigenvalue weighted by atomic mass is 10.2. The van der Waals surface area contributed by atoms with Crippen molar-refractivity contribution >= 4 is 35.2 Å². The number of hydrogen-bond acceptors (Lipinski definition) is 2. The second kappa shape index (κ2) is 6.78. The monoisotopic (exact) mass is 323 g/mol. The molecule has 0 aliphatic heterocycles. The quantitative estimate of drug-likeness (QED) is 0.809. The van der Waals surface area contributed by atoms with Crippen molar-refractivity contribution in [2.45, 2.75) is 6.54 Å². The molecule has 0 spiro atoms. The molecule has 0 fully saturated rings. The third-order valence-corrected chi connectivity index (χ3v) is 3.66. The molecular formula is C15H15Cl2N3O. The lowest BCUT2D eigenvalue weighted by Crippen LogP contribution is -2.23. The Morgan fingerprint density at radius 3 is 2.76 bits per heavy atom. The molecule has 1 heterocycles. The number of likely N-dealkylation sites (N-methyl/N-ethyl adjacent to an activating group) is 1. The molecule has 110 valence electrons. The Labute approximate surface area is 133 Å². The minimum absolute atomic E-state index is 0.0927. The van der Waals surface area contributed by atoms with Crippen LogP contribution in [0, 0.1) is 0 Å². The molecule has 0 saturated carbocycles. The summed E-state index contributed by atoms with van der Waals surface area (Å²) in [6.45, 7) is 0.512. The summed E-state index contributed by atoms with van der Waals surface area (Å²) in [4.78, 5) is 13.6. The SMILES string of the molecule is CN(Cc1cnn(C)c1)C(=O)/C=C/c1ccc(Cl)c(Cl)c1. The number of amides is 1. The van der Waals surface area contributed by atoms with Crippen LogP contribution < -0.4 is 0 Å². The normalized spacial score (nSPS) is 11.0. The number of carbonyl (C=O) groups excluding carboxylic acids is 1. The van der Waals surface area contributed by atoms with Crippen LogP contribution in [0.15, 0.2) is 36.7 Å². The maximum Gasteiger partial charge on any atom is 0.246 e. The fourth-order valence-corrected chi connectivity index (χ4v) is 2.12. The summed E-state index contributed by atoms with van der Waals surface area (Å²) in [6.07, 6.45) is 6.85. The van der Waals surface area contributed by atoms with Crippen LogP contribution in [0.1, 0.15) is 11.1 Å². The third kappa shape index (κ3) is 4.34. The molecule has 1 amide bonds. The maximum absolute atomic E-state index is 12.0. The van der Waals surface area contributed by atoms with Crippen molar-refractivity contribution in [1.82, 2.24) is 14.7 Å². The summed E-state index contributed by atoms with van der Waals surface area (Å²) < 4.78 is 1.71. The standard InChI is InChI=1S/C15H15Cl2N3O/c1-19(9-12-8-18-20(2)10-12)15(21)6-4-11-3-5-13(16)14(17)7-11/h3-8,10H,9H2,1-2H3/b6-4+. The minimum atomic E-state index is -0.0927. The Bertz CT molecular complexity index is 679.